The topological polar surface area (TPSA) is 117 Å². The van der Waals surface area contributed by atoms with Gasteiger partial charge in [-0.25, -0.2) is 4.79 Å². The summed E-state index contributed by atoms with van der Waals surface area (Å²) in [6.45, 7) is 0.283. The van der Waals surface area contributed by atoms with E-state index in [4.69, 9.17) is 9.84 Å². The highest BCUT2D eigenvalue weighted by Gasteiger charge is 2.44. The molecule has 3 rings (SSSR count). The highest BCUT2D eigenvalue weighted by Crippen LogP contribution is 2.29. The van der Waals surface area contributed by atoms with Gasteiger partial charge >= 0.3 is 5.69 Å². The van der Waals surface area contributed by atoms with Gasteiger partial charge in [0, 0.05) is 18.3 Å². The van der Waals surface area contributed by atoms with E-state index in [0.29, 0.717) is 12.4 Å². The second kappa shape index (κ2) is 4.57. The van der Waals surface area contributed by atoms with Crippen molar-refractivity contribution in [2.75, 3.05) is 18.5 Å². The number of hydrogen-bond donors (Lipinski definition) is 4. The average molecular weight is 269 g/mol. The minimum absolute atomic E-state index is 0.427. The van der Waals surface area contributed by atoms with Gasteiger partial charge in [-0.3, -0.25) is 4.57 Å². The standard InChI is InChI=1S/C11H15N3O5/c15-4-6-7(16)8(17)10(19-6)14-3-5-1-2-12-9(5)13-11(14)18/h3,6-8,10,15-17H,1-2,4H2,(H,12,13,18)/t6-,7-,8-,10-/m1/s1. The van der Waals surface area contributed by atoms with Crippen LogP contribution in [0.25, 0.3) is 0 Å². The SMILES string of the molecule is O=c1nc2c(cn1[C@@H]1O[C@H](CO)[C@@H](O)[C@H]1O)CCN2. The van der Waals surface area contributed by atoms with E-state index in [0.717, 1.165) is 16.6 Å². The number of anilines is 1. The fourth-order valence-corrected chi connectivity index (χ4v) is 2.45. The molecule has 3 heterocycles. The van der Waals surface area contributed by atoms with E-state index in [2.05, 4.69) is 10.3 Å². The number of ether oxygens (including phenoxy) is 1. The van der Waals surface area contributed by atoms with Crippen molar-refractivity contribution in [2.45, 2.75) is 31.0 Å². The van der Waals surface area contributed by atoms with Gasteiger partial charge in [-0.05, 0) is 6.42 Å². The maximum Gasteiger partial charge on any atom is 0.351 e. The monoisotopic (exact) mass is 269 g/mol. The second-order valence-electron chi connectivity index (χ2n) is 4.71. The van der Waals surface area contributed by atoms with Crippen molar-refractivity contribution in [3.05, 3.63) is 22.2 Å². The number of aliphatic hydroxyl groups is 3. The van der Waals surface area contributed by atoms with Crippen LogP contribution in [0.4, 0.5) is 5.82 Å². The molecule has 0 aromatic carbocycles. The fourth-order valence-electron chi connectivity index (χ4n) is 2.45. The van der Waals surface area contributed by atoms with Crippen molar-refractivity contribution in [3.63, 3.8) is 0 Å². The maximum absolute atomic E-state index is 11.9. The zero-order valence-electron chi connectivity index (χ0n) is 10.1. The van der Waals surface area contributed by atoms with Crippen LogP contribution in [0.5, 0.6) is 0 Å². The van der Waals surface area contributed by atoms with Crippen molar-refractivity contribution < 1.29 is 20.1 Å². The lowest BCUT2D eigenvalue weighted by atomic mass is 10.1. The van der Waals surface area contributed by atoms with Crippen molar-refractivity contribution in [1.82, 2.24) is 9.55 Å². The first kappa shape index (κ1) is 12.5. The highest BCUT2D eigenvalue weighted by molar-refractivity contribution is 5.47. The molecule has 1 aromatic rings. The molecule has 0 aliphatic carbocycles. The molecular formula is C11H15N3O5. The Bertz CT molecular complexity index is 546. The van der Waals surface area contributed by atoms with Crippen molar-refractivity contribution >= 4 is 5.82 Å². The lowest BCUT2D eigenvalue weighted by Gasteiger charge is -2.17. The van der Waals surface area contributed by atoms with E-state index in [-0.39, 0.29) is 0 Å². The lowest BCUT2D eigenvalue weighted by Crippen LogP contribution is -2.36. The van der Waals surface area contributed by atoms with Gasteiger partial charge in [-0.15, -0.1) is 0 Å². The van der Waals surface area contributed by atoms with Crippen LogP contribution in [-0.2, 0) is 11.2 Å². The van der Waals surface area contributed by atoms with Gasteiger partial charge in [0.2, 0.25) is 0 Å². The third-order valence-corrected chi connectivity index (χ3v) is 3.51. The minimum Gasteiger partial charge on any atom is -0.394 e. The van der Waals surface area contributed by atoms with Crippen LogP contribution in [0, 0.1) is 0 Å². The molecule has 1 fully saturated rings. The number of hydrogen-bond acceptors (Lipinski definition) is 7. The molecule has 2 aliphatic rings. The maximum atomic E-state index is 11.9. The Kier molecular flexibility index (Phi) is 3.02. The molecule has 4 atom stereocenters. The summed E-state index contributed by atoms with van der Waals surface area (Å²) in [5, 5.41) is 31.6. The number of rotatable bonds is 2. The summed E-state index contributed by atoms with van der Waals surface area (Å²) in [5.41, 5.74) is 0.292. The van der Waals surface area contributed by atoms with Crippen LogP contribution < -0.4 is 11.0 Å². The third-order valence-electron chi connectivity index (χ3n) is 3.51. The molecule has 8 nitrogen and oxygen atoms in total. The van der Waals surface area contributed by atoms with Crippen LogP contribution in [0.3, 0.4) is 0 Å². The second-order valence-corrected chi connectivity index (χ2v) is 4.71. The summed E-state index contributed by atoms with van der Waals surface area (Å²) in [7, 11) is 0. The minimum atomic E-state index is -1.27. The summed E-state index contributed by atoms with van der Waals surface area (Å²) in [6, 6.07) is 0. The van der Waals surface area contributed by atoms with Gasteiger partial charge in [-0.2, -0.15) is 4.98 Å². The molecule has 0 radical (unpaired) electrons. The molecule has 1 aromatic heterocycles. The number of nitrogens with one attached hydrogen (secondary N) is 1. The van der Waals surface area contributed by atoms with Crippen molar-refractivity contribution in [1.29, 1.82) is 0 Å². The van der Waals surface area contributed by atoms with E-state index >= 15 is 0 Å². The Hall–Kier alpha value is -1.48. The molecule has 0 saturated carbocycles. The summed E-state index contributed by atoms with van der Waals surface area (Å²) < 4.78 is 6.48. The fraction of sp³-hybridized carbons (Fsp3) is 0.636. The summed E-state index contributed by atoms with van der Waals surface area (Å²) in [6.07, 6.45) is -2.13. The van der Waals surface area contributed by atoms with Crippen molar-refractivity contribution in [2.24, 2.45) is 0 Å². The summed E-state index contributed by atoms with van der Waals surface area (Å²) >= 11 is 0. The van der Waals surface area contributed by atoms with E-state index in [1.165, 1.54) is 0 Å². The molecule has 0 bridgehead atoms. The smallest absolute Gasteiger partial charge is 0.351 e. The quantitative estimate of drug-likeness (QED) is 0.482. The van der Waals surface area contributed by atoms with E-state index < -0.39 is 36.8 Å². The molecule has 4 N–H and O–H groups in total. The largest absolute Gasteiger partial charge is 0.394 e. The van der Waals surface area contributed by atoms with E-state index in [1.54, 1.807) is 6.20 Å². The first-order valence-electron chi connectivity index (χ1n) is 6.10. The Morgan fingerprint density at radius 3 is 2.95 bits per heavy atom. The van der Waals surface area contributed by atoms with E-state index in [9.17, 15) is 15.0 Å². The van der Waals surface area contributed by atoms with Crippen LogP contribution in [0.2, 0.25) is 0 Å². The highest BCUT2D eigenvalue weighted by atomic mass is 16.6. The predicted molar refractivity (Wildman–Crippen MR) is 63.7 cm³/mol. The number of nitrogens with zero attached hydrogens (tertiary/aromatic N) is 2. The first-order chi connectivity index (χ1) is 9.11. The molecular weight excluding hydrogens is 254 g/mol. The summed E-state index contributed by atoms with van der Waals surface area (Å²) in [4.78, 5) is 15.8. The van der Waals surface area contributed by atoms with Crippen LogP contribution in [0.15, 0.2) is 11.0 Å². The zero-order valence-corrected chi connectivity index (χ0v) is 10.1. The molecule has 104 valence electrons. The van der Waals surface area contributed by atoms with Crippen molar-refractivity contribution in [3.8, 4) is 0 Å². The van der Waals surface area contributed by atoms with Gasteiger partial charge in [0.15, 0.2) is 6.23 Å². The normalized spacial score (nSPS) is 33.2. The van der Waals surface area contributed by atoms with Crippen LogP contribution >= 0.6 is 0 Å². The summed E-state index contributed by atoms with van der Waals surface area (Å²) in [5.74, 6) is 0.549. The van der Waals surface area contributed by atoms with Crippen LogP contribution in [-0.4, -0.2) is 56.3 Å². The van der Waals surface area contributed by atoms with Gasteiger partial charge in [0.25, 0.3) is 0 Å². The Balaban J connectivity index is 1.97. The molecule has 0 amide bonds. The Morgan fingerprint density at radius 1 is 1.47 bits per heavy atom. The molecule has 8 heteroatoms. The molecule has 1 saturated heterocycles. The van der Waals surface area contributed by atoms with Gasteiger partial charge in [0.05, 0.1) is 6.61 Å². The molecule has 19 heavy (non-hydrogen) atoms. The first-order valence-corrected chi connectivity index (χ1v) is 6.10. The predicted octanol–water partition coefficient (Wildman–Crippen LogP) is -2.18. The number of aromatic nitrogens is 2. The van der Waals surface area contributed by atoms with Gasteiger partial charge < -0.3 is 25.4 Å². The number of fused-ring (bicyclic) bond motifs is 1. The Morgan fingerprint density at radius 2 is 2.26 bits per heavy atom. The van der Waals surface area contributed by atoms with Gasteiger partial charge in [-0.1, -0.05) is 0 Å². The van der Waals surface area contributed by atoms with E-state index in [1.807, 2.05) is 0 Å². The third kappa shape index (κ3) is 1.93. The molecule has 0 unspecified atom stereocenters. The molecule has 0 spiro atoms. The number of aliphatic hydroxyl groups excluding tert-OH is 3. The van der Waals surface area contributed by atoms with Crippen LogP contribution in [0.1, 0.15) is 11.8 Å². The zero-order chi connectivity index (χ0) is 13.6. The average Bonchev–Trinajstić information content (AvgIpc) is 2.95. The molecule has 2 aliphatic heterocycles. The lowest BCUT2D eigenvalue weighted by molar-refractivity contribution is -0.0550. The van der Waals surface area contributed by atoms with Gasteiger partial charge in [0.1, 0.15) is 24.1 Å². The Labute approximate surface area is 108 Å².